The molecule has 0 bridgehead atoms. The molecule has 0 aliphatic heterocycles. The van der Waals surface area contributed by atoms with Gasteiger partial charge in [0.1, 0.15) is 0 Å². The van der Waals surface area contributed by atoms with E-state index in [0.29, 0.717) is 11.3 Å². The molecule has 0 saturated carbocycles. The SMILES string of the molecule is C=C(NNC(=O)c1ccccc1)c1ccncc1. The second-order valence-electron chi connectivity index (χ2n) is 3.66. The van der Waals surface area contributed by atoms with E-state index in [4.69, 9.17) is 0 Å². The zero-order valence-electron chi connectivity index (χ0n) is 9.76. The molecule has 1 amide bonds. The number of hydrogen-bond donors (Lipinski definition) is 2. The number of hydrogen-bond acceptors (Lipinski definition) is 3. The number of carbonyl (C=O) groups is 1. The minimum Gasteiger partial charge on any atom is -0.298 e. The highest BCUT2D eigenvalue weighted by Gasteiger charge is 2.04. The summed E-state index contributed by atoms with van der Waals surface area (Å²) in [5.74, 6) is -0.203. The van der Waals surface area contributed by atoms with E-state index in [1.54, 1.807) is 24.5 Å². The summed E-state index contributed by atoms with van der Waals surface area (Å²) in [7, 11) is 0. The summed E-state index contributed by atoms with van der Waals surface area (Å²) in [5.41, 5.74) is 7.44. The second kappa shape index (κ2) is 5.63. The predicted molar refractivity (Wildman–Crippen MR) is 70.3 cm³/mol. The summed E-state index contributed by atoms with van der Waals surface area (Å²) in [6.07, 6.45) is 3.34. The number of rotatable bonds is 4. The van der Waals surface area contributed by atoms with Gasteiger partial charge in [-0.3, -0.25) is 20.6 Å². The van der Waals surface area contributed by atoms with E-state index >= 15 is 0 Å². The van der Waals surface area contributed by atoms with Gasteiger partial charge >= 0.3 is 0 Å². The molecule has 2 rings (SSSR count). The van der Waals surface area contributed by atoms with Crippen molar-refractivity contribution in [2.24, 2.45) is 0 Å². The molecule has 0 aliphatic carbocycles. The molecule has 0 atom stereocenters. The van der Waals surface area contributed by atoms with E-state index in [-0.39, 0.29) is 5.91 Å². The summed E-state index contributed by atoms with van der Waals surface area (Å²) in [4.78, 5) is 15.7. The maximum Gasteiger partial charge on any atom is 0.269 e. The van der Waals surface area contributed by atoms with Gasteiger partial charge in [-0.15, -0.1) is 0 Å². The average molecular weight is 239 g/mol. The monoisotopic (exact) mass is 239 g/mol. The van der Waals surface area contributed by atoms with E-state index in [0.717, 1.165) is 5.56 Å². The van der Waals surface area contributed by atoms with Gasteiger partial charge in [0.2, 0.25) is 0 Å². The molecule has 1 aromatic heterocycles. The van der Waals surface area contributed by atoms with Crippen LogP contribution in [0.1, 0.15) is 15.9 Å². The quantitative estimate of drug-likeness (QED) is 0.802. The van der Waals surface area contributed by atoms with Crippen LogP contribution in [0.5, 0.6) is 0 Å². The fourth-order valence-electron chi connectivity index (χ4n) is 1.42. The number of amides is 1. The van der Waals surface area contributed by atoms with Crippen LogP contribution in [0.2, 0.25) is 0 Å². The number of carbonyl (C=O) groups excluding carboxylic acids is 1. The largest absolute Gasteiger partial charge is 0.298 e. The minimum absolute atomic E-state index is 0.203. The molecule has 1 aromatic carbocycles. The molecule has 90 valence electrons. The topological polar surface area (TPSA) is 54.0 Å². The first-order valence-corrected chi connectivity index (χ1v) is 5.48. The van der Waals surface area contributed by atoms with Crippen LogP contribution in [0, 0.1) is 0 Å². The average Bonchev–Trinajstić information content (AvgIpc) is 2.46. The van der Waals surface area contributed by atoms with Crippen molar-refractivity contribution in [2.45, 2.75) is 0 Å². The van der Waals surface area contributed by atoms with Crippen LogP contribution in [0.3, 0.4) is 0 Å². The number of aromatic nitrogens is 1. The van der Waals surface area contributed by atoms with Crippen LogP contribution in [-0.4, -0.2) is 10.9 Å². The van der Waals surface area contributed by atoms with Crippen LogP contribution < -0.4 is 10.9 Å². The third kappa shape index (κ3) is 2.95. The Morgan fingerprint density at radius 3 is 2.28 bits per heavy atom. The Hall–Kier alpha value is -2.62. The van der Waals surface area contributed by atoms with Gasteiger partial charge in [-0.05, 0) is 24.3 Å². The molecule has 0 radical (unpaired) electrons. The van der Waals surface area contributed by atoms with Gasteiger partial charge in [-0.1, -0.05) is 24.8 Å². The second-order valence-corrected chi connectivity index (χ2v) is 3.66. The van der Waals surface area contributed by atoms with E-state index in [9.17, 15) is 4.79 Å². The molecule has 1 heterocycles. The first-order chi connectivity index (χ1) is 8.77. The summed E-state index contributed by atoms with van der Waals surface area (Å²) >= 11 is 0. The maximum absolute atomic E-state index is 11.8. The third-order valence-corrected chi connectivity index (χ3v) is 2.39. The van der Waals surface area contributed by atoms with Crippen molar-refractivity contribution in [2.75, 3.05) is 0 Å². The zero-order valence-corrected chi connectivity index (χ0v) is 9.76. The molecule has 2 N–H and O–H groups in total. The summed E-state index contributed by atoms with van der Waals surface area (Å²) in [6, 6.07) is 12.6. The molecule has 0 unspecified atom stereocenters. The standard InChI is InChI=1S/C14H13N3O/c1-11(12-7-9-15-10-8-12)16-17-14(18)13-5-3-2-4-6-13/h2-10,16H,1H2,(H,17,18). The van der Waals surface area contributed by atoms with Gasteiger partial charge in [0, 0.05) is 23.5 Å². The number of pyridine rings is 1. The molecular formula is C14H13N3O. The summed E-state index contributed by atoms with van der Waals surface area (Å²) < 4.78 is 0. The highest BCUT2D eigenvalue weighted by Crippen LogP contribution is 2.05. The lowest BCUT2D eigenvalue weighted by Crippen LogP contribution is -2.35. The Labute approximate surface area is 105 Å². The van der Waals surface area contributed by atoms with Crippen molar-refractivity contribution in [1.82, 2.24) is 15.8 Å². The van der Waals surface area contributed by atoms with Gasteiger partial charge in [0.15, 0.2) is 0 Å². The number of benzene rings is 1. The smallest absolute Gasteiger partial charge is 0.269 e. The first kappa shape index (κ1) is 11.9. The van der Waals surface area contributed by atoms with Crippen molar-refractivity contribution >= 4 is 11.6 Å². The molecular weight excluding hydrogens is 226 g/mol. The van der Waals surface area contributed by atoms with E-state index in [2.05, 4.69) is 22.4 Å². The Morgan fingerprint density at radius 2 is 1.61 bits per heavy atom. The van der Waals surface area contributed by atoms with Gasteiger partial charge in [0.05, 0.1) is 5.70 Å². The molecule has 0 saturated heterocycles. The summed E-state index contributed by atoms with van der Waals surface area (Å²) in [5, 5.41) is 0. The number of hydrazine groups is 1. The van der Waals surface area contributed by atoms with Crippen LogP contribution >= 0.6 is 0 Å². The van der Waals surface area contributed by atoms with Gasteiger partial charge < -0.3 is 0 Å². The van der Waals surface area contributed by atoms with Crippen molar-refractivity contribution in [3.05, 3.63) is 72.6 Å². The maximum atomic E-state index is 11.8. The lowest BCUT2D eigenvalue weighted by Gasteiger charge is -2.10. The van der Waals surface area contributed by atoms with Crippen LogP contribution in [-0.2, 0) is 0 Å². The fraction of sp³-hybridized carbons (Fsp3) is 0. The van der Waals surface area contributed by atoms with Crippen molar-refractivity contribution in [1.29, 1.82) is 0 Å². The Kier molecular flexibility index (Phi) is 3.71. The van der Waals surface area contributed by atoms with Crippen molar-refractivity contribution < 1.29 is 4.79 Å². The van der Waals surface area contributed by atoms with E-state index < -0.39 is 0 Å². The number of nitrogens with zero attached hydrogens (tertiary/aromatic N) is 1. The van der Waals surface area contributed by atoms with Crippen LogP contribution in [0.4, 0.5) is 0 Å². The van der Waals surface area contributed by atoms with Crippen molar-refractivity contribution in [3.63, 3.8) is 0 Å². The van der Waals surface area contributed by atoms with Crippen molar-refractivity contribution in [3.8, 4) is 0 Å². The molecule has 0 fully saturated rings. The number of nitrogens with one attached hydrogen (secondary N) is 2. The minimum atomic E-state index is -0.203. The fourth-order valence-corrected chi connectivity index (χ4v) is 1.42. The molecule has 2 aromatic rings. The predicted octanol–water partition coefficient (Wildman–Crippen LogP) is 1.99. The Bertz CT molecular complexity index is 486. The Balaban J connectivity index is 1.93. The lowest BCUT2D eigenvalue weighted by molar-refractivity contribution is 0.0942. The molecule has 0 aliphatic rings. The Morgan fingerprint density at radius 1 is 0.944 bits per heavy atom. The summed E-state index contributed by atoms with van der Waals surface area (Å²) in [6.45, 7) is 3.84. The molecule has 0 spiro atoms. The molecule has 18 heavy (non-hydrogen) atoms. The van der Waals surface area contributed by atoms with Crippen LogP contribution in [0.15, 0.2) is 61.4 Å². The van der Waals surface area contributed by atoms with Gasteiger partial charge in [0.25, 0.3) is 5.91 Å². The lowest BCUT2D eigenvalue weighted by atomic mass is 10.2. The third-order valence-electron chi connectivity index (χ3n) is 2.39. The normalized spacial score (nSPS) is 9.56. The highest BCUT2D eigenvalue weighted by molar-refractivity contribution is 5.94. The van der Waals surface area contributed by atoms with E-state index in [1.165, 1.54) is 0 Å². The molecule has 4 heteroatoms. The first-order valence-electron chi connectivity index (χ1n) is 5.48. The van der Waals surface area contributed by atoms with Gasteiger partial charge in [-0.25, -0.2) is 0 Å². The highest BCUT2D eigenvalue weighted by atomic mass is 16.2. The molecule has 4 nitrogen and oxygen atoms in total. The van der Waals surface area contributed by atoms with Crippen LogP contribution in [0.25, 0.3) is 5.70 Å². The van der Waals surface area contributed by atoms with Gasteiger partial charge in [-0.2, -0.15) is 0 Å². The van der Waals surface area contributed by atoms with E-state index in [1.807, 2.05) is 30.3 Å². The zero-order chi connectivity index (χ0) is 12.8.